The van der Waals surface area contributed by atoms with Crippen LogP contribution in [0.2, 0.25) is 0 Å². The van der Waals surface area contributed by atoms with Gasteiger partial charge in [-0.2, -0.15) is 4.68 Å². The van der Waals surface area contributed by atoms with Crippen molar-refractivity contribution in [3.63, 3.8) is 0 Å². The number of carbonyl (C=O) groups is 1. The van der Waals surface area contributed by atoms with Crippen molar-refractivity contribution in [2.45, 2.75) is 38.6 Å². The standard InChI is InChI=1S/C20H22N4O2S/c1-5-26-18-10-9-16(15(4)25)11-17(18)12-27-20-21-22-23-24(20)19-13(2)7-6-8-14(19)3/h6-11H,5,12H2,1-4H3. The number of para-hydroxylation sites is 1. The molecule has 0 saturated carbocycles. The van der Waals surface area contributed by atoms with Crippen LogP contribution in [0.15, 0.2) is 41.6 Å². The predicted octanol–water partition coefficient (Wildman–Crippen LogP) is 4.17. The smallest absolute Gasteiger partial charge is 0.214 e. The molecule has 0 aliphatic heterocycles. The normalized spacial score (nSPS) is 10.8. The summed E-state index contributed by atoms with van der Waals surface area (Å²) in [6.07, 6.45) is 0. The van der Waals surface area contributed by atoms with Gasteiger partial charge in [0.1, 0.15) is 5.75 Å². The van der Waals surface area contributed by atoms with E-state index in [0.29, 0.717) is 23.1 Å². The number of Topliss-reactive ketones (excluding diaryl/α,β-unsaturated/α-hetero) is 1. The van der Waals surface area contributed by atoms with Crippen LogP contribution in [0.4, 0.5) is 0 Å². The van der Waals surface area contributed by atoms with Crippen molar-refractivity contribution in [3.05, 3.63) is 58.7 Å². The van der Waals surface area contributed by atoms with Crippen molar-refractivity contribution in [2.75, 3.05) is 6.61 Å². The van der Waals surface area contributed by atoms with E-state index in [-0.39, 0.29) is 5.78 Å². The number of rotatable bonds is 7. The maximum absolute atomic E-state index is 11.7. The molecule has 0 aliphatic rings. The molecule has 0 radical (unpaired) electrons. The first-order valence-corrected chi connectivity index (χ1v) is 9.74. The third-order valence-corrected chi connectivity index (χ3v) is 5.18. The first-order chi connectivity index (χ1) is 13.0. The van der Waals surface area contributed by atoms with Gasteiger partial charge in [0.05, 0.1) is 12.3 Å². The van der Waals surface area contributed by atoms with Crippen molar-refractivity contribution in [1.29, 1.82) is 0 Å². The second-order valence-corrected chi connectivity index (χ2v) is 7.16. The largest absolute Gasteiger partial charge is 0.494 e. The van der Waals surface area contributed by atoms with E-state index in [1.54, 1.807) is 17.7 Å². The summed E-state index contributed by atoms with van der Waals surface area (Å²) in [5.41, 5.74) is 4.83. The summed E-state index contributed by atoms with van der Waals surface area (Å²) in [4.78, 5) is 11.7. The average molecular weight is 382 g/mol. The zero-order chi connectivity index (χ0) is 19.4. The van der Waals surface area contributed by atoms with Gasteiger partial charge in [-0.05, 0) is 67.4 Å². The zero-order valence-electron chi connectivity index (χ0n) is 15.9. The Kier molecular flexibility index (Phi) is 5.91. The van der Waals surface area contributed by atoms with Gasteiger partial charge in [0.15, 0.2) is 5.78 Å². The summed E-state index contributed by atoms with van der Waals surface area (Å²) in [6, 6.07) is 11.6. The maximum atomic E-state index is 11.7. The quantitative estimate of drug-likeness (QED) is 0.451. The molecular formula is C20H22N4O2S. The Morgan fingerprint density at radius 1 is 1.19 bits per heavy atom. The van der Waals surface area contributed by atoms with E-state index in [9.17, 15) is 4.79 Å². The predicted molar refractivity (Wildman–Crippen MR) is 106 cm³/mol. The molecule has 140 valence electrons. The van der Waals surface area contributed by atoms with E-state index in [4.69, 9.17) is 4.74 Å². The SMILES string of the molecule is CCOc1ccc(C(C)=O)cc1CSc1nnnn1-c1c(C)cccc1C. The van der Waals surface area contributed by atoms with Crippen molar-refractivity contribution < 1.29 is 9.53 Å². The lowest BCUT2D eigenvalue weighted by Gasteiger charge is -2.12. The number of ketones is 1. The minimum atomic E-state index is 0.0321. The Morgan fingerprint density at radius 3 is 2.59 bits per heavy atom. The van der Waals surface area contributed by atoms with E-state index in [2.05, 4.69) is 15.5 Å². The fourth-order valence-electron chi connectivity index (χ4n) is 2.90. The minimum Gasteiger partial charge on any atom is -0.494 e. The molecule has 6 nitrogen and oxygen atoms in total. The average Bonchev–Trinajstić information content (AvgIpc) is 3.09. The number of aryl methyl sites for hydroxylation is 2. The molecule has 27 heavy (non-hydrogen) atoms. The summed E-state index contributed by atoms with van der Waals surface area (Å²) in [5.74, 6) is 1.41. The number of nitrogens with zero attached hydrogens (tertiary/aromatic N) is 4. The van der Waals surface area contributed by atoms with Crippen molar-refractivity contribution in [1.82, 2.24) is 20.2 Å². The second-order valence-electron chi connectivity index (χ2n) is 6.21. The van der Waals surface area contributed by atoms with Crippen LogP contribution >= 0.6 is 11.8 Å². The summed E-state index contributed by atoms with van der Waals surface area (Å²) in [6.45, 7) is 8.16. The highest BCUT2D eigenvalue weighted by Crippen LogP contribution is 2.30. The lowest BCUT2D eigenvalue weighted by atomic mass is 10.1. The number of carbonyl (C=O) groups excluding carboxylic acids is 1. The summed E-state index contributed by atoms with van der Waals surface area (Å²) >= 11 is 1.52. The number of ether oxygens (including phenoxy) is 1. The summed E-state index contributed by atoms with van der Waals surface area (Å²) in [5, 5.41) is 12.9. The molecule has 0 aliphatic carbocycles. The Balaban J connectivity index is 1.90. The van der Waals surface area contributed by atoms with Gasteiger partial charge in [-0.15, -0.1) is 5.10 Å². The number of hydrogen-bond donors (Lipinski definition) is 0. The molecule has 0 bridgehead atoms. The fourth-order valence-corrected chi connectivity index (χ4v) is 3.75. The van der Waals surface area contributed by atoms with E-state index in [1.165, 1.54) is 11.8 Å². The Morgan fingerprint density at radius 2 is 1.93 bits per heavy atom. The monoisotopic (exact) mass is 382 g/mol. The minimum absolute atomic E-state index is 0.0321. The molecule has 7 heteroatoms. The lowest BCUT2D eigenvalue weighted by Crippen LogP contribution is -2.04. The van der Waals surface area contributed by atoms with E-state index < -0.39 is 0 Å². The third-order valence-electron chi connectivity index (χ3n) is 4.22. The fraction of sp³-hybridized carbons (Fsp3) is 0.300. The van der Waals surface area contributed by atoms with Crippen LogP contribution in [0, 0.1) is 13.8 Å². The number of aromatic nitrogens is 4. The molecule has 1 heterocycles. The molecular weight excluding hydrogens is 360 g/mol. The van der Waals surface area contributed by atoms with E-state index >= 15 is 0 Å². The third kappa shape index (κ3) is 4.19. The lowest BCUT2D eigenvalue weighted by molar-refractivity contribution is 0.101. The molecule has 2 aromatic carbocycles. The molecule has 0 amide bonds. The maximum Gasteiger partial charge on any atom is 0.214 e. The second kappa shape index (κ2) is 8.35. The van der Waals surface area contributed by atoms with E-state index in [0.717, 1.165) is 28.1 Å². The van der Waals surface area contributed by atoms with Gasteiger partial charge < -0.3 is 4.74 Å². The number of hydrogen-bond acceptors (Lipinski definition) is 6. The van der Waals surface area contributed by atoms with Gasteiger partial charge in [0, 0.05) is 16.9 Å². The van der Waals surface area contributed by atoms with E-state index in [1.807, 2.05) is 51.1 Å². The van der Waals surface area contributed by atoms with Gasteiger partial charge in [0.25, 0.3) is 0 Å². The summed E-state index contributed by atoms with van der Waals surface area (Å²) in [7, 11) is 0. The van der Waals surface area contributed by atoms with Gasteiger partial charge in [-0.25, -0.2) is 0 Å². The molecule has 0 spiro atoms. The van der Waals surface area contributed by atoms with Crippen LogP contribution in [-0.4, -0.2) is 32.6 Å². The van der Waals surface area contributed by atoms with Crippen LogP contribution in [0.5, 0.6) is 5.75 Å². The number of tetrazole rings is 1. The van der Waals surface area contributed by atoms with Crippen LogP contribution in [0.3, 0.4) is 0 Å². The first-order valence-electron chi connectivity index (χ1n) is 8.75. The number of benzene rings is 2. The van der Waals surface area contributed by atoms with Crippen molar-refractivity contribution in [3.8, 4) is 11.4 Å². The van der Waals surface area contributed by atoms with Crippen LogP contribution in [0.1, 0.15) is 40.9 Å². The highest BCUT2D eigenvalue weighted by atomic mass is 32.2. The van der Waals surface area contributed by atoms with Crippen molar-refractivity contribution >= 4 is 17.5 Å². The molecule has 3 aromatic rings. The summed E-state index contributed by atoms with van der Waals surface area (Å²) < 4.78 is 7.48. The van der Waals surface area contributed by atoms with Crippen LogP contribution < -0.4 is 4.74 Å². The molecule has 3 rings (SSSR count). The van der Waals surface area contributed by atoms with Gasteiger partial charge >= 0.3 is 0 Å². The highest BCUT2D eigenvalue weighted by Gasteiger charge is 2.15. The Bertz CT molecular complexity index is 948. The molecule has 1 aromatic heterocycles. The topological polar surface area (TPSA) is 69.9 Å². The zero-order valence-corrected chi connectivity index (χ0v) is 16.7. The number of thioether (sulfide) groups is 1. The molecule has 0 fully saturated rings. The molecule has 0 saturated heterocycles. The van der Waals surface area contributed by atoms with Crippen LogP contribution in [-0.2, 0) is 5.75 Å². The Hall–Kier alpha value is -2.67. The molecule has 0 N–H and O–H groups in total. The highest BCUT2D eigenvalue weighted by molar-refractivity contribution is 7.98. The van der Waals surface area contributed by atoms with Crippen LogP contribution in [0.25, 0.3) is 5.69 Å². The van der Waals surface area contributed by atoms with Gasteiger partial charge in [0.2, 0.25) is 5.16 Å². The van der Waals surface area contributed by atoms with Gasteiger partial charge in [-0.1, -0.05) is 30.0 Å². The molecule has 0 unspecified atom stereocenters. The molecule has 0 atom stereocenters. The first kappa shape index (κ1) is 19.1. The Labute approximate surface area is 162 Å². The van der Waals surface area contributed by atoms with Crippen molar-refractivity contribution in [2.24, 2.45) is 0 Å². The van der Waals surface area contributed by atoms with Gasteiger partial charge in [-0.3, -0.25) is 4.79 Å².